The minimum absolute atomic E-state index is 0.0257. The van der Waals surface area contributed by atoms with Crippen LogP contribution in [0.25, 0.3) is 11.0 Å². The first kappa shape index (κ1) is 32.2. The van der Waals surface area contributed by atoms with Crippen molar-refractivity contribution in [2.24, 2.45) is 0 Å². The number of amides is 1. The number of hydrogen-bond donors (Lipinski definition) is 0. The van der Waals surface area contributed by atoms with Crippen LogP contribution in [-0.4, -0.2) is 53.3 Å². The van der Waals surface area contributed by atoms with E-state index in [-0.39, 0.29) is 52.0 Å². The second kappa shape index (κ2) is 12.5. The molecule has 3 aromatic rings. The Hall–Kier alpha value is -2.70. The molecule has 1 saturated heterocycles. The van der Waals surface area contributed by atoms with Gasteiger partial charge in [-0.25, -0.2) is 9.78 Å². The number of benzene rings is 2. The van der Waals surface area contributed by atoms with Gasteiger partial charge in [0.1, 0.15) is 12.1 Å². The number of carbonyl (C=O) groups excluding carboxylic acids is 2. The molecule has 0 spiro atoms. The fourth-order valence-corrected chi connectivity index (χ4v) is 6.91. The molecule has 1 aliphatic rings. The van der Waals surface area contributed by atoms with Crippen LogP contribution in [0.1, 0.15) is 51.2 Å². The Balaban J connectivity index is 1.58. The summed E-state index contributed by atoms with van der Waals surface area (Å²) in [5.74, 6) is -0.248. The molecule has 0 N–H and O–H groups in total. The molecule has 0 saturated carbocycles. The van der Waals surface area contributed by atoms with Gasteiger partial charge in [0.05, 0.1) is 36.1 Å². The van der Waals surface area contributed by atoms with Crippen LogP contribution in [0.5, 0.6) is 0 Å². The van der Waals surface area contributed by atoms with Gasteiger partial charge in [0.2, 0.25) is 0 Å². The number of ketones is 1. The van der Waals surface area contributed by atoms with Gasteiger partial charge in [0.15, 0.2) is 14.1 Å². The Morgan fingerprint density at radius 2 is 1.79 bits per heavy atom. The van der Waals surface area contributed by atoms with Gasteiger partial charge in [-0.05, 0) is 48.7 Å². The van der Waals surface area contributed by atoms with E-state index >= 15 is 0 Å². The number of rotatable bonds is 8. The van der Waals surface area contributed by atoms with Gasteiger partial charge in [-0.1, -0.05) is 67.0 Å². The maximum atomic E-state index is 13.7. The number of likely N-dealkylation sites (tertiary alicyclic amines) is 1. The Kier molecular flexibility index (Phi) is 9.58. The molecule has 42 heavy (non-hydrogen) atoms. The van der Waals surface area contributed by atoms with Gasteiger partial charge in [-0.15, -0.1) is 0 Å². The highest BCUT2D eigenvalue weighted by Crippen LogP contribution is 2.41. The molecule has 1 amide bonds. The second-order valence-electron chi connectivity index (χ2n) is 12.3. The second-order valence-corrected chi connectivity index (χ2v) is 17.9. The number of Topliss-reactive ketones (excluding diaryl/α,β-unsaturated/α-hetero) is 1. The Morgan fingerprint density at radius 3 is 2.43 bits per heavy atom. The lowest BCUT2D eigenvalue weighted by molar-refractivity contribution is -0.137. The minimum Gasteiger partial charge on any atom is -0.445 e. The van der Waals surface area contributed by atoms with Crippen molar-refractivity contribution in [3.8, 4) is 0 Å². The number of fused-ring (bicyclic) bond motifs is 1. The van der Waals surface area contributed by atoms with Crippen molar-refractivity contribution in [2.45, 2.75) is 89.6 Å². The fraction of sp³-hybridized carbons (Fsp3) is 0.500. The van der Waals surface area contributed by atoms with Crippen LogP contribution in [0.2, 0.25) is 18.1 Å². The predicted octanol–water partition coefficient (Wildman–Crippen LogP) is 7.97. The first-order valence-corrected chi connectivity index (χ1v) is 17.7. The van der Waals surface area contributed by atoms with E-state index in [1.807, 2.05) is 30.3 Å². The van der Waals surface area contributed by atoms with E-state index in [2.05, 4.69) is 54.8 Å². The predicted molar refractivity (Wildman–Crippen MR) is 160 cm³/mol. The lowest BCUT2D eigenvalue weighted by Crippen LogP contribution is -2.56. The lowest BCUT2D eigenvalue weighted by Gasteiger charge is -2.46. The van der Waals surface area contributed by atoms with Gasteiger partial charge in [0.25, 0.3) is 0 Å². The van der Waals surface area contributed by atoms with Crippen molar-refractivity contribution in [2.75, 3.05) is 6.54 Å². The molecule has 1 aliphatic heterocycles. The summed E-state index contributed by atoms with van der Waals surface area (Å²) in [7, 11) is -2.27. The highest BCUT2D eigenvalue weighted by molar-refractivity contribution is 9.10. The van der Waals surface area contributed by atoms with Crippen LogP contribution in [0, 0.1) is 0 Å². The normalized spacial score (nSPS) is 18.4. The zero-order valence-corrected chi connectivity index (χ0v) is 27.1. The lowest BCUT2D eigenvalue weighted by atomic mass is 9.95. The van der Waals surface area contributed by atoms with Crippen molar-refractivity contribution in [1.29, 1.82) is 0 Å². The maximum Gasteiger partial charge on any atom is 0.419 e. The van der Waals surface area contributed by atoms with E-state index in [0.717, 1.165) is 5.56 Å². The molecular formula is C30H37BrF3N3O4Si. The Labute approximate surface area is 253 Å². The third-order valence-corrected chi connectivity index (χ3v) is 13.4. The van der Waals surface area contributed by atoms with E-state index in [9.17, 15) is 22.8 Å². The SMILES string of the molecule is CC(C)(C)[Si](C)(C)O[C@H]1CCCN(C(=O)OCc2ccccc2)[C@@H]1CC(=O)Cn1cnc2c(C(F)(F)F)c(Br)ccc21. The third kappa shape index (κ3) is 7.26. The maximum absolute atomic E-state index is 13.7. The number of aromatic nitrogens is 2. The summed E-state index contributed by atoms with van der Waals surface area (Å²) in [5.41, 5.74) is -0.0571. The first-order chi connectivity index (χ1) is 19.6. The molecule has 0 bridgehead atoms. The number of hydrogen-bond acceptors (Lipinski definition) is 5. The van der Waals surface area contributed by atoms with Gasteiger partial charge >= 0.3 is 12.3 Å². The number of carbonyl (C=O) groups is 2. The van der Waals surface area contributed by atoms with E-state index in [1.165, 1.54) is 23.0 Å². The Morgan fingerprint density at radius 1 is 1.10 bits per heavy atom. The molecule has 7 nitrogen and oxygen atoms in total. The zero-order chi connectivity index (χ0) is 30.9. The van der Waals surface area contributed by atoms with Crippen molar-refractivity contribution in [1.82, 2.24) is 14.5 Å². The number of halogens is 4. The van der Waals surface area contributed by atoms with Crippen LogP contribution in [0.4, 0.5) is 18.0 Å². The van der Waals surface area contributed by atoms with Gasteiger partial charge < -0.3 is 18.6 Å². The van der Waals surface area contributed by atoms with Gasteiger partial charge in [0, 0.05) is 17.4 Å². The average molecular weight is 669 g/mol. The molecule has 0 radical (unpaired) electrons. The van der Waals surface area contributed by atoms with Gasteiger partial charge in [-0.2, -0.15) is 13.2 Å². The molecule has 228 valence electrons. The van der Waals surface area contributed by atoms with Crippen LogP contribution in [0.3, 0.4) is 0 Å². The summed E-state index contributed by atoms with van der Waals surface area (Å²) in [6.07, 6.45) is -2.90. The summed E-state index contributed by atoms with van der Waals surface area (Å²) in [4.78, 5) is 32.5. The Bertz CT molecular complexity index is 1420. The number of ether oxygens (including phenoxy) is 1. The van der Waals surface area contributed by atoms with Crippen molar-refractivity contribution in [3.05, 3.63) is 64.4 Å². The standard InChI is InChI=1S/C30H37BrF3N3O4Si/c1-29(2,3)42(4,5)41-25-12-9-15-37(28(39)40-18-20-10-7-6-8-11-20)24(25)16-21(38)17-36-19-35-27-23(36)14-13-22(31)26(27)30(32,33)34/h6-8,10-11,13-14,19,24-25H,9,12,15-18H2,1-5H3/t24-,25+/m1/s1. The molecule has 2 atom stereocenters. The van der Waals surface area contributed by atoms with Crippen molar-refractivity contribution in [3.63, 3.8) is 0 Å². The highest BCUT2D eigenvalue weighted by Gasteiger charge is 2.44. The topological polar surface area (TPSA) is 73.7 Å². The molecule has 0 aliphatic carbocycles. The first-order valence-electron chi connectivity index (χ1n) is 14.0. The van der Waals surface area contributed by atoms with Crippen molar-refractivity contribution >= 4 is 47.2 Å². The van der Waals surface area contributed by atoms with Crippen LogP contribution in [0.15, 0.2) is 53.3 Å². The van der Waals surface area contributed by atoms with E-state index in [4.69, 9.17) is 9.16 Å². The summed E-state index contributed by atoms with van der Waals surface area (Å²) in [6, 6.07) is 11.6. The van der Waals surface area contributed by atoms with E-state index in [1.54, 1.807) is 4.90 Å². The quantitative estimate of drug-likeness (QED) is 0.228. The highest BCUT2D eigenvalue weighted by atomic mass is 79.9. The molecule has 0 unspecified atom stereocenters. The minimum atomic E-state index is -4.61. The smallest absolute Gasteiger partial charge is 0.419 e. The van der Waals surface area contributed by atoms with E-state index in [0.29, 0.717) is 19.4 Å². The monoisotopic (exact) mass is 667 g/mol. The summed E-state index contributed by atoms with van der Waals surface area (Å²) in [5, 5.41) is -0.0855. The molecule has 2 aromatic carbocycles. The van der Waals surface area contributed by atoms with Crippen LogP contribution >= 0.6 is 15.9 Å². The fourth-order valence-electron chi connectivity index (χ4n) is 4.98. The molecular weight excluding hydrogens is 631 g/mol. The molecule has 1 fully saturated rings. The molecule has 12 heteroatoms. The number of alkyl halides is 3. The summed E-state index contributed by atoms with van der Waals surface area (Å²) < 4.78 is 54.8. The summed E-state index contributed by atoms with van der Waals surface area (Å²) >= 11 is 2.97. The number of piperidine rings is 1. The number of imidazole rings is 1. The molecule has 2 heterocycles. The molecule has 1 aromatic heterocycles. The zero-order valence-electron chi connectivity index (χ0n) is 24.5. The van der Waals surface area contributed by atoms with Crippen LogP contribution < -0.4 is 0 Å². The van der Waals surface area contributed by atoms with Crippen molar-refractivity contribution < 1.29 is 31.9 Å². The number of nitrogens with zero attached hydrogens (tertiary/aromatic N) is 3. The largest absolute Gasteiger partial charge is 0.445 e. The van der Waals surface area contributed by atoms with Crippen LogP contribution in [-0.2, 0) is 33.3 Å². The van der Waals surface area contributed by atoms with E-state index < -0.39 is 32.2 Å². The van der Waals surface area contributed by atoms with Gasteiger partial charge in [-0.3, -0.25) is 4.79 Å². The third-order valence-electron chi connectivity index (χ3n) is 8.22. The molecule has 4 rings (SSSR count). The summed E-state index contributed by atoms with van der Waals surface area (Å²) in [6.45, 7) is 11.0. The average Bonchev–Trinajstić information content (AvgIpc) is 3.29.